The van der Waals surface area contributed by atoms with Gasteiger partial charge in [-0.15, -0.1) is 0 Å². The highest BCUT2D eigenvalue weighted by atomic mass is 16.4. The SMILES string of the molecule is CC(CN(C(=O)c1ccc(-n2ccnc2)cc1)C1CC1)C(=O)O. The Bertz CT molecular complexity index is 690. The van der Waals surface area contributed by atoms with Gasteiger partial charge in [0.05, 0.1) is 12.2 Å². The number of carbonyl (C=O) groups excluding carboxylic acids is 1. The molecular weight excluding hydrogens is 294 g/mol. The molecule has 1 aromatic carbocycles. The van der Waals surface area contributed by atoms with Gasteiger partial charge >= 0.3 is 5.97 Å². The first-order valence-electron chi connectivity index (χ1n) is 7.68. The van der Waals surface area contributed by atoms with Gasteiger partial charge in [0.15, 0.2) is 0 Å². The predicted octanol–water partition coefficient (Wildman–Crippen LogP) is 2.20. The van der Waals surface area contributed by atoms with Crippen LogP contribution in [0.1, 0.15) is 30.1 Å². The van der Waals surface area contributed by atoms with Crippen LogP contribution in [0.2, 0.25) is 0 Å². The van der Waals surface area contributed by atoms with Crippen molar-refractivity contribution in [2.75, 3.05) is 6.54 Å². The van der Waals surface area contributed by atoms with Crippen LogP contribution in [0.25, 0.3) is 5.69 Å². The van der Waals surface area contributed by atoms with Crippen molar-refractivity contribution in [3.05, 3.63) is 48.5 Å². The average Bonchev–Trinajstić information content (AvgIpc) is 3.25. The number of benzene rings is 1. The maximum Gasteiger partial charge on any atom is 0.308 e. The number of rotatable bonds is 6. The van der Waals surface area contributed by atoms with E-state index in [1.165, 1.54) is 0 Å². The smallest absolute Gasteiger partial charge is 0.308 e. The van der Waals surface area contributed by atoms with Gasteiger partial charge in [0, 0.05) is 36.2 Å². The quantitative estimate of drug-likeness (QED) is 0.887. The summed E-state index contributed by atoms with van der Waals surface area (Å²) in [6.07, 6.45) is 7.13. The Morgan fingerprint density at radius 2 is 2.04 bits per heavy atom. The fraction of sp³-hybridized carbons (Fsp3) is 0.353. The summed E-state index contributed by atoms with van der Waals surface area (Å²) in [4.78, 5) is 29.5. The number of hydrogen-bond acceptors (Lipinski definition) is 3. The third kappa shape index (κ3) is 3.41. The van der Waals surface area contributed by atoms with Gasteiger partial charge in [-0.2, -0.15) is 0 Å². The lowest BCUT2D eigenvalue weighted by molar-refractivity contribution is -0.141. The van der Waals surface area contributed by atoms with Crippen molar-refractivity contribution >= 4 is 11.9 Å². The zero-order valence-corrected chi connectivity index (χ0v) is 12.9. The van der Waals surface area contributed by atoms with Crippen molar-refractivity contribution in [2.45, 2.75) is 25.8 Å². The molecule has 0 spiro atoms. The Morgan fingerprint density at radius 3 is 2.57 bits per heavy atom. The summed E-state index contributed by atoms with van der Waals surface area (Å²) in [7, 11) is 0. The van der Waals surface area contributed by atoms with E-state index in [-0.39, 0.29) is 18.5 Å². The molecule has 1 unspecified atom stereocenters. The molecule has 1 aliphatic rings. The average molecular weight is 313 g/mol. The number of hydrogen-bond donors (Lipinski definition) is 1. The van der Waals surface area contributed by atoms with Gasteiger partial charge in [-0.1, -0.05) is 6.92 Å². The lowest BCUT2D eigenvalue weighted by Gasteiger charge is -2.24. The Morgan fingerprint density at radius 1 is 1.35 bits per heavy atom. The summed E-state index contributed by atoms with van der Waals surface area (Å²) < 4.78 is 1.86. The van der Waals surface area contributed by atoms with Crippen molar-refractivity contribution in [2.24, 2.45) is 5.92 Å². The molecule has 1 aliphatic carbocycles. The Hall–Kier alpha value is -2.63. The lowest BCUT2D eigenvalue weighted by atomic mass is 10.1. The van der Waals surface area contributed by atoms with Crippen LogP contribution in [0.4, 0.5) is 0 Å². The standard InChI is InChI=1S/C17H19N3O3/c1-12(17(22)23)10-20(15-6-7-15)16(21)13-2-4-14(5-3-13)19-9-8-18-11-19/h2-5,8-9,11-12,15H,6-7,10H2,1H3,(H,22,23). The normalized spacial score (nSPS) is 15.2. The minimum absolute atomic E-state index is 0.0993. The fourth-order valence-corrected chi connectivity index (χ4v) is 2.51. The molecule has 2 aromatic rings. The van der Waals surface area contributed by atoms with Crippen molar-refractivity contribution in [1.82, 2.24) is 14.5 Å². The van der Waals surface area contributed by atoms with Crippen molar-refractivity contribution in [1.29, 1.82) is 0 Å². The van der Waals surface area contributed by atoms with Crippen LogP contribution in [0.3, 0.4) is 0 Å². The number of amides is 1. The van der Waals surface area contributed by atoms with Gasteiger partial charge in [-0.05, 0) is 37.1 Å². The predicted molar refractivity (Wildman–Crippen MR) is 84.4 cm³/mol. The zero-order valence-electron chi connectivity index (χ0n) is 12.9. The van der Waals surface area contributed by atoms with E-state index in [1.54, 1.807) is 36.5 Å². The van der Waals surface area contributed by atoms with Gasteiger partial charge in [0.25, 0.3) is 5.91 Å². The summed E-state index contributed by atoms with van der Waals surface area (Å²) in [6, 6.07) is 7.45. The highest BCUT2D eigenvalue weighted by Gasteiger charge is 2.34. The van der Waals surface area contributed by atoms with Crippen molar-refractivity contribution in [3.63, 3.8) is 0 Å². The van der Waals surface area contributed by atoms with Crippen LogP contribution in [0.5, 0.6) is 0 Å². The summed E-state index contributed by atoms with van der Waals surface area (Å²) in [6.45, 7) is 1.88. The van der Waals surface area contributed by atoms with Crippen LogP contribution in [0, 0.1) is 5.92 Å². The monoisotopic (exact) mass is 313 g/mol. The maximum atomic E-state index is 12.7. The molecule has 1 fully saturated rings. The minimum Gasteiger partial charge on any atom is -0.481 e. The Kier molecular flexibility index (Phi) is 4.14. The number of carbonyl (C=O) groups is 2. The Balaban J connectivity index is 1.76. The first-order chi connectivity index (χ1) is 11.1. The fourth-order valence-electron chi connectivity index (χ4n) is 2.51. The Labute approximate surface area is 134 Å². The lowest BCUT2D eigenvalue weighted by Crippen LogP contribution is -2.38. The van der Waals surface area contributed by atoms with E-state index in [0.29, 0.717) is 5.56 Å². The van der Waals surface area contributed by atoms with E-state index in [9.17, 15) is 9.59 Å². The van der Waals surface area contributed by atoms with Gasteiger partial charge < -0.3 is 14.6 Å². The molecule has 1 heterocycles. The highest BCUT2D eigenvalue weighted by molar-refractivity contribution is 5.95. The van der Waals surface area contributed by atoms with E-state index < -0.39 is 11.9 Å². The first kappa shape index (κ1) is 15.3. The molecule has 6 nitrogen and oxygen atoms in total. The topological polar surface area (TPSA) is 75.4 Å². The molecule has 1 N–H and O–H groups in total. The van der Waals surface area contributed by atoms with Crippen LogP contribution in [-0.2, 0) is 4.79 Å². The molecule has 0 aliphatic heterocycles. The van der Waals surface area contributed by atoms with Crippen LogP contribution >= 0.6 is 0 Å². The third-order valence-corrected chi connectivity index (χ3v) is 4.06. The summed E-state index contributed by atoms with van der Waals surface area (Å²) >= 11 is 0. The van der Waals surface area contributed by atoms with Gasteiger partial charge in [0.1, 0.15) is 0 Å². The van der Waals surface area contributed by atoms with E-state index in [1.807, 2.05) is 22.9 Å². The van der Waals surface area contributed by atoms with Crippen LogP contribution < -0.4 is 0 Å². The van der Waals surface area contributed by atoms with E-state index >= 15 is 0 Å². The third-order valence-electron chi connectivity index (χ3n) is 4.06. The number of nitrogens with zero attached hydrogens (tertiary/aromatic N) is 3. The molecule has 1 atom stereocenters. The first-order valence-corrected chi connectivity index (χ1v) is 7.68. The molecular formula is C17H19N3O3. The highest BCUT2D eigenvalue weighted by Crippen LogP contribution is 2.29. The number of carboxylic acids is 1. The van der Waals surface area contributed by atoms with Crippen molar-refractivity contribution in [3.8, 4) is 5.69 Å². The molecule has 1 aromatic heterocycles. The number of imidazole rings is 1. The molecule has 1 amide bonds. The summed E-state index contributed by atoms with van der Waals surface area (Å²) in [5.41, 5.74) is 1.51. The molecule has 0 bridgehead atoms. The molecule has 120 valence electrons. The van der Waals surface area contributed by atoms with Gasteiger partial charge in [-0.3, -0.25) is 9.59 Å². The largest absolute Gasteiger partial charge is 0.481 e. The zero-order chi connectivity index (χ0) is 16.4. The maximum absolute atomic E-state index is 12.7. The van der Waals surface area contributed by atoms with Crippen molar-refractivity contribution < 1.29 is 14.7 Å². The molecule has 0 radical (unpaired) electrons. The van der Waals surface area contributed by atoms with Gasteiger partial charge in [0.2, 0.25) is 0 Å². The van der Waals surface area contributed by atoms with Gasteiger partial charge in [-0.25, -0.2) is 4.98 Å². The molecule has 3 rings (SSSR count). The number of carboxylic acid groups (broad SMARTS) is 1. The van der Waals surface area contributed by atoms with E-state index in [4.69, 9.17) is 5.11 Å². The van der Waals surface area contributed by atoms with E-state index in [0.717, 1.165) is 18.5 Å². The minimum atomic E-state index is -0.876. The second kappa shape index (κ2) is 6.24. The molecule has 1 saturated carbocycles. The molecule has 6 heteroatoms. The summed E-state index contributed by atoms with van der Waals surface area (Å²) in [5.74, 6) is -1.54. The second-order valence-electron chi connectivity index (χ2n) is 5.94. The molecule has 23 heavy (non-hydrogen) atoms. The number of aromatic nitrogens is 2. The number of aliphatic carboxylic acids is 1. The summed E-state index contributed by atoms with van der Waals surface area (Å²) in [5, 5.41) is 9.08. The van der Waals surface area contributed by atoms with E-state index in [2.05, 4.69) is 4.98 Å². The van der Waals surface area contributed by atoms with Crippen LogP contribution in [-0.4, -0.2) is 44.0 Å². The van der Waals surface area contributed by atoms with Crippen LogP contribution in [0.15, 0.2) is 43.0 Å². The second-order valence-corrected chi connectivity index (χ2v) is 5.94. The molecule has 0 saturated heterocycles.